The highest BCUT2D eigenvalue weighted by molar-refractivity contribution is 5.71. The summed E-state index contributed by atoms with van der Waals surface area (Å²) in [5.41, 5.74) is 9.13. The first-order valence-electron chi connectivity index (χ1n) is 13.5. The highest BCUT2D eigenvalue weighted by Gasteiger charge is 2.31. The molecule has 0 aliphatic carbocycles. The van der Waals surface area contributed by atoms with Crippen LogP contribution in [0, 0.1) is 19.3 Å². The number of pyridine rings is 1. The Morgan fingerprint density at radius 1 is 0.919 bits per heavy atom. The van der Waals surface area contributed by atoms with E-state index in [1.807, 2.05) is 12.1 Å². The summed E-state index contributed by atoms with van der Waals surface area (Å²) in [6, 6.07) is 17.5. The molecule has 0 atom stereocenters. The Morgan fingerprint density at radius 3 is 2.08 bits per heavy atom. The van der Waals surface area contributed by atoms with Crippen LogP contribution < -0.4 is 0 Å². The molecule has 0 amide bonds. The molecule has 0 aliphatic rings. The predicted octanol–water partition coefficient (Wildman–Crippen LogP) is 7.44. The third-order valence-corrected chi connectivity index (χ3v) is 8.07. The summed E-state index contributed by atoms with van der Waals surface area (Å²) >= 11 is 0. The maximum absolute atomic E-state index is 11.0. The molecule has 4 heteroatoms. The Labute approximate surface area is 222 Å². The van der Waals surface area contributed by atoms with E-state index in [1.165, 1.54) is 27.8 Å². The second-order valence-corrected chi connectivity index (χ2v) is 11.3. The van der Waals surface area contributed by atoms with Crippen molar-refractivity contribution in [1.82, 2.24) is 4.98 Å². The number of aromatic nitrogens is 1. The normalized spacial score (nSPS) is 12.1. The van der Waals surface area contributed by atoms with Crippen LogP contribution in [0.4, 0.5) is 0 Å². The number of aliphatic hydroxyl groups is 1. The molecular weight excluding hydrogens is 458 g/mol. The van der Waals surface area contributed by atoms with E-state index in [2.05, 4.69) is 82.9 Å². The lowest BCUT2D eigenvalue weighted by atomic mass is 9.69. The van der Waals surface area contributed by atoms with Crippen molar-refractivity contribution in [3.8, 4) is 11.3 Å². The van der Waals surface area contributed by atoms with E-state index in [0.29, 0.717) is 5.56 Å². The number of hydrogen-bond donors (Lipinski definition) is 2. The topological polar surface area (TPSA) is 70.4 Å². The second kappa shape index (κ2) is 12.0. The van der Waals surface area contributed by atoms with Crippen LogP contribution in [0.25, 0.3) is 11.3 Å². The van der Waals surface area contributed by atoms with Gasteiger partial charge >= 0.3 is 5.97 Å². The third-order valence-electron chi connectivity index (χ3n) is 8.07. The number of rotatable bonds is 12. The zero-order valence-electron chi connectivity index (χ0n) is 23.4. The summed E-state index contributed by atoms with van der Waals surface area (Å²) in [6.45, 7) is 13.4. The fourth-order valence-electron chi connectivity index (χ4n) is 5.46. The fraction of sp³-hybridized carbons (Fsp3) is 0.455. The van der Waals surface area contributed by atoms with Crippen LogP contribution in [0.5, 0.6) is 0 Å². The summed E-state index contributed by atoms with van der Waals surface area (Å²) in [5, 5.41) is 18.6. The number of aliphatic hydroxyl groups excluding tert-OH is 1. The van der Waals surface area contributed by atoms with Gasteiger partial charge in [0.2, 0.25) is 0 Å². The Balaban J connectivity index is 1.88. The maximum Gasteiger partial charge on any atom is 0.307 e. The van der Waals surface area contributed by atoms with Gasteiger partial charge in [-0.25, -0.2) is 0 Å². The first kappa shape index (κ1) is 28.6. The molecule has 0 unspecified atom stereocenters. The van der Waals surface area contributed by atoms with E-state index in [9.17, 15) is 9.90 Å². The van der Waals surface area contributed by atoms with E-state index in [0.717, 1.165) is 43.4 Å². The van der Waals surface area contributed by atoms with Crippen molar-refractivity contribution in [3.05, 3.63) is 88.1 Å². The van der Waals surface area contributed by atoms with Gasteiger partial charge in [0.25, 0.3) is 0 Å². The van der Waals surface area contributed by atoms with Gasteiger partial charge in [0.05, 0.1) is 12.1 Å². The molecule has 0 saturated carbocycles. The zero-order chi connectivity index (χ0) is 27.2. The number of hydrogen-bond acceptors (Lipinski definition) is 3. The molecule has 3 aromatic rings. The lowest BCUT2D eigenvalue weighted by Gasteiger charge is -2.34. The van der Waals surface area contributed by atoms with Crippen molar-refractivity contribution in [2.45, 2.75) is 85.5 Å². The van der Waals surface area contributed by atoms with E-state index in [4.69, 9.17) is 5.11 Å². The minimum Gasteiger partial charge on any atom is -0.481 e. The largest absolute Gasteiger partial charge is 0.481 e. The molecule has 2 N–H and O–H groups in total. The monoisotopic (exact) mass is 501 g/mol. The summed E-state index contributed by atoms with van der Waals surface area (Å²) in [6.07, 6.45) is 6.79. The number of carboxylic acid groups (broad SMARTS) is 1. The third kappa shape index (κ3) is 6.67. The van der Waals surface area contributed by atoms with Crippen LogP contribution in [-0.2, 0) is 23.1 Å². The van der Waals surface area contributed by atoms with Crippen molar-refractivity contribution in [2.75, 3.05) is 6.61 Å². The van der Waals surface area contributed by atoms with Gasteiger partial charge in [0.1, 0.15) is 0 Å². The van der Waals surface area contributed by atoms with Gasteiger partial charge in [-0.15, -0.1) is 0 Å². The Hall–Kier alpha value is -2.98. The van der Waals surface area contributed by atoms with Gasteiger partial charge < -0.3 is 10.2 Å². The van der Waals surface area contributed by atoms with Gasteiger partial charge in [0.15, 0.2) is 0 Å². The molecule has 37 heavy (non-hydrogen) atoms. The highest BCUT2D eigenvalue weighted by Crippen LogP contribution is 2.41. The number of benzene rings is 2. The number of carbonyl (C=O) groups is 1. The molecule has 1 aromatic heterocycles. The minimum atomic E-state index is -0.848. The van der Waals surface area contributed by atoms with E-state index < -0.39 is 5.97 Å². The smallest absolute Gasteiger partial charge is 0.307 e. The van der Waals surface area contributed by atoms with Gasteiger partial charge in [-0.1, -0.05) is 70.2 Å². The SMILES string of the molecule is CCC(CC)(c1ccc(CCCC(C)(C)CO)c(C)c1)c1ccc(-c2ccc(CC(=O)O)cn2)c(C)c1. The van der Waals surface area contributed by atoms with Gasteiger partial charge in [-0.2, -0.15) is 0 Å². The van der Waals surface area contributed by atoms with Crippen LogP contribution in [-0.4, -0.2) is 27.8 Å². The number of aliphatic carboxylic acids is 1. The quantitative estimate of drug-likeness (QED) is 0.270. The molecule has 4 nitrogen and oxygen atoms in total. The Kier molecular flexibility index (Phi) is 9.31. The van der Waals surface area contributed by atoms with E-state index in [1.54, 1.807) is 6.20 Å². The standard InChI is InChI=1S/C33H43NO3/c1-7-33(8-2,27-13-12-26(23(3)18-27)10-9-17-32(5,6)22-35)28-14-15-29(24(4)19-28)30-16-11-25(21-34-30)20-31(36)37/h11-16,18-19,21,35H,7-10,17,20,22H2,1-6H3,(H,36,37). The summed E-state index contributed by atoms with van der Waals surface area (Å²) in [5.74, 6) is -0.848. The molecule has 1 heterocycles. The average molecular weight is 502 g/mol. The Morgan fingerprint density at radius 2 is 1.57 bits per heavy atom. The van der Waals surface area contributed by atoms with Crippen molar-refractivity contribution < 1.29 is 15.0 Å². The first-order valence-corrected chi connectivity index (χ1v) is 13.5. The molecule has 0 aliphatic heterocycles. The van der Waals surface area contributed by atoms with Crippen LogP contribution in [0.3, 0.4) is 0 Å². The molecule has 3 rings (SSSR count). The highest BCUT2D eigenvalue weighted by atomic mass is 16.4. The van der Waals surface area contributed by atoms with Crippen LogP contribution in [0.1, 0.15) is 86.8 Å². The fourth-order valence-corrected chi connectivity index (χ4v) is 5.46. The molecule has 0 bridgehead atoms. The van der Waals surface area contributed by atoms with E-state index >= 15 is 0 Å². The molecule has 0 fully saturated rings. The molecule has 2 aromatic carbocycles. The Bertz CT molecular complexity index is 1210. The summed E-state index contributed by atoms with van der Waals surface area (Å²) in [7, 11) is 0. The van der Waals surface area contributed by atoms with Gasteiger partial charge in [0, 0.05) is 23.8 Å². The van der Waals surface area contributed by atoms with Crippen molar-refractivity contribution in [1.29, 1.82) is 0 Å². The first-order chi connectivity index (χ1) is 17.5. The number of nitrogens with zero attached hydrogens (tertiary/aromatic N) is 1. The predicted molar refractivity (Wildman–Crippen MR) is 152 cm³/mol. The average Bonchev–Trinajstić information content (AvgIpc) is 2.87. The van der Waals surface area contributed by atoms with Gasteiger partial charge in [-0.3, -0.25) is 9.78 Å². The molecule has 198 valence electrons. The minimum absolute atomic E-state index is 0.0143. The number of aryl methyl sites for hydroxylation is 3. The number of carboxylic acids is 1. The lowest BCUT2D eigenvalue weighted by Crippen LogP contribution is -2.26. The van der Waals surface area contributed by atoms with Crippen LogP contribution in [0.15, 0.2) is 54.7 Å². The zero-order valence-corrected chi connectivity index (χ0v) is 23.4. The van der Waals surface area contributed by atoms with E-state index in [-0.39, 0.29) is 23.9 Å². The van der Waals surface area contributed by atoms with Crippen molar-refractivity contribution >= 4 is 5.97 Å². The van der Waals surface area contributed by atoms with Crippen LogP contribution in [0.2, 0.25) is 0 Å². The maximum atomic E-state index is 11.0. The summed E-state index contributed by atoms with van der Waals surface area (Å²) < 4.78 is 0. The molecule has 0 spiro atoms. The second-order valence-electron chi connectivity index (χ2n) is 11.3. The lowest BCUT2D eigenvalue weighted by molar-refractivity contribution is -0.136. The summed E-state index contributed by atoms with van der Waals surface area (Å²) in [4.78, 5) is 15.5. The molecule has 0 saturated heterocycles. The molecular formula is C33H43NO3. The van der Waals surface area contributed by atoms with Crippen molar-refractivity contribution in [2.24, 2.45) is 5.41 Å². The van der Waals surface area contributed by atoms with Crippen molar-refractivity contribution in [3.63, 3.8) is 0 Å². The van der Waals surface area contributed by atoms with Gasteiger partial charge in [-0.05, 0) is 90.8 Å². The molecule has 0 radical (unpaired) electrons. The van der Waals surface area contributed by atoms with Crippen LogP contribution >= 0.6 is 0 Å².